The van der Waals surface area contributed by atoms with Crippen LogP contribution >= 0.6 is 0 Å². The second-order valence-corrected chi connectivity index (χ2v) is 23.4. The van der Waals surface area contributed by atoms with Crippen molar-refractivity contribution >= 4 is 5.97 Å². The lowest BCUT2D eigenvalue weighted by Gasteiger charge is -2.71. The molecule has 1 heterocycles. The second kappa shape index (κ2) is 21.7. The zero-order chi connectivity index (χ0) is 42.3. The normalized spacial score (nSPS) is 35.5. The van der Waals surface area contributed by atoms with Gasteiger partial charge in [0.15, 0.2) is 12.4 Å². The molecule has 0 unspecified atom stereocenters. The Morgan fingerprint density at radius 3 is 1.88 bits per heavy atom. The summed E-state index contributed by atoms with van der Waals surface area (Å²) in [6, 6.07) is 4.01. The fourth-order valence-electron chi connectivity index (χ4n) is 15.2. The molecular weight excluding hydrogens is 799 g/mol. The fraction of sp³-hybridized carbons (Fsp3) is 0.857. The summed E-state index contributed by atoms with van der Waals surface area (Å²) in [5.74, 6) is 3.48. The first-order chi connectivity index (χ1) is 28.2. The lowest BCUT2D eigenvalue weighted by Crippen LogP contribution is -3.00. The van der Waals surface area contributed by atoms with Crippen molar-refractivity contribution in [2.45, 2.75) is 248 Å². The lowest BCUT2D eigenvalue weighted by molar-refractivity contribution is -0.697. The predicted octanol–water partition coefficient (Wildman–Crippen LogP) is 13.2. The Morgan fingerprint density at radius 1 is 0.700 bits per heavy atom. The van der Waals surface area contributed by atoms with Gasteiger partial charge in [-0.1, -0.05) is 177 Å². The number of hydrogen-bond donors (Lipinski definition) is 0. The summed E-state index contributed by atoms with van der Waals surface area (Å²) in [6.07, 6.45) is 43.6. The molecule has 4 fully saturated rings. The molecule has 0 saturated heterocycles. The van der Waals surface area contributed by atoms with Crippen LogP contribution in [-0.4, -0.2) is 12.1 Å². The third-order valence-electron chi connectivity index (χ3n) is 19.4. The van der Waals surface area contributed by atoms with Crippen LogP contribution in [-0.2, 0) is 11.3 Å². The summed E-state index contributed by atoms with van der Waals surface area (Å²) < 4.78 is 8.80. The van der Waals surface area contributed by atoms with Crippen molar-refractivity contribution < 1.29 is 31.1 Å². The molecule has 4 heteroatoms. The van der Waals surface area contributed by atoms with E-state index in [2.05, 4.69) is 85.4 Å². The Labute approximate surface area is 382 Å². The van der Waals surface area contributed by atoms with Gasteiger partial charge in [0.05, 0.1) is 0 Å². The van der Waals surface area contributed by atoms with Crippen molar-refractivity contribution in [3.63, 3.8) is 0 Å². The Bertz CT molecular complexity index is 1530. The molecular formula is C56H94BrNO2. The first-order valence-corrected chi connectivity index (χ1v) is 26.1. The van der Waals surface area contributed by atoms with Gasteiger partial charge in [0, 0.05) is 17.9 Å². The van der Waals surface area contributed by atoms with E-state index in [1.807, 2.05) is 17.7 Å². The van der Waals surface area contributed by atoms with Crippen LogP contribution in [0.3, 0.4) is 0 Å². The zero-order valence-corrected chi connectivity index (χ0v) is 42.4. The summed E-state index contributed by atoms with van der Waals surface area (Å²) in [5, 5.41) is 0. The van der Waals surface area contributed by atoms with Crippen LogP contribution in [0.1, 0.15) is 246 Å². The van der Waals surface area contributed by atoms with E-state index in [0.717, 1.165) is 30.7 Å². The number of fused-ring (bicyclic) bond motifs is 7. The number of allylic oxidation sites excluding steroid dienone is 2. The van der Waals surface area contributed by atoms with Gasteiger partial charge in [-0.25, -0.2) is 9.36 Å². The van der Waals surface area contributed by atoms with Gasteiger partial charge >= 0.3 is 5.97 Å². The molecule has 0 radical (unpaired) electrons. The Balaban J connectivity index is 0.00000683. The molecule has 5 aliphatic carbocycles. The third kappa shape index (κ3) is 10.5. The molecule has 342 valence electrons. The molecule has 4 saturated carbocycles. The molecule has 6 rings (SSSR count). The van der Waals surface area contributed by atoms with E-state index in [9.17, 15) is 4.79 Å². The highest BCUT2D eigenvalue weighted by Crippen LogP contribution is 2.75. The van der Waals surface area contributed by atoms with E-state index < -0.39 is 0 Å². The molecule has 0 amide bonds. The van der Waals surface area contributed by atoms with E-state index >= 15 is 0 Å². The Kier molecular flexibility index (Phi) is 18.0. The number of carbonyl (C=O) groups is 1. The van der Waals surface area contributed by atoms with E-state index in [0.29, 0.717) is 33.6 Å². The van der Waals surface area contributed by atoms with E-state index in [1.54, 1.807) is 0 Å². The molecule has 0 aromatic carbocycles. The van der Waals surface area contributed by atoms with Gasteiger partial charge in [-0.05, 0) is 122 Å². The fourth-order valence-corrected chi connectivity index (χ4v) is 15.2. The number of rotatable bonds is 21. The largest absolute Gasteiger partial charge is 1.00 e. The van der Waals surface area contributed by atoms with Crippen molar-refractivity contribution in [1.29, 1.82) is 0 Å². The lowest BCUT2D eigenvalue weighted by atomic mass is 9.33. The third-order valence-corrected chi connectivity index (χ3v) is 19.4. The molecule has 0 aliphatic heterocycles. The van der Waals surface area contributed by atoms with Gasteiger partial charge in [0.25, 0.3) is 0 Å². The average molecular weight is 893 g/mol. The number of pyridine rings is 1. The number of ether oxygens (including phenoxy) is 1. The van der Waals surface area contributed by atoms with Crippen molar-refractivity contribution in [2.75, 3.05) is 0 Å². The standard InChI is InChI=1S/C56H94NO2.BrH/c1-10-11-12-13-14-15-16-17-18-19-20-21-22-23-24-25-26-27-40-57-41-28-29-45(42-57)51(58)59-49-34-36-54(7)47(52(49,4)5)33-37-56(9)48(54)31-30-46-50-44(3)43(2)32-35-53(50,6)38-39-55(46,56)8;/h28-30,41-44,47-50H,10-27,31-40H2,1-9H3;1H/q+1;/p-1/t43-,44+,47+,48-,49+,50+,53-,54+,55-,56-;/m1./s1. The first kappa shape index (κ1) is 49.8. The summed E-state index contributed by atoms with van der Waals surface area (Å²) in [7, 11) is 0. The Hall–Kier alpha value is -1.16. The molecule has 0 N–H and O–H groups in total. The smallest absolute Gasteiger partial charge is 0.344 e. The van der Waals surface area contributed by atoms with Crippen LogP contribution < -0.4 is 21.5 Å². The van der Waals surface area contributed by atoms with Gasteiger partial charge in [0.1, 0.15) is 18.2 Å². The van der Waals surface area contributed by atoms with Crippen molar-refractivity contribution in [3.8, 4) is 0 Å². The number of esters is 1. The van der Waals surface area contributed by atoms with Crippen molar-refractivity contribution in [2.24, 2.45) is 56.7 Å². The molecule has 10 atom stereocenters. The van der Waals surface area contributed by atoms with Gasteiger partial charge in [0.2, 0.25) is 0 Å². The van der Waals surface area contributed by atoms with Crippen molar-refractivity contribution in [1.82, 2.24) is 0 Å². The quantitative estimate of drug-likeness (QED) is 0.0533. The highest BCUT2D eigenvalue weighted by Gasteiger charge is 2.68. The van der Waals surface area contributed by atoms with Crippen LogP contribution in [0.5, 0.6) is 0 Å². The number of nitrogens with zero attached hydrogens (tertiary/aromatic N) is 1. The zero-order valence-electron chi connectivity index (χ0n) is 40.8. The van der Waals surface area contributed by atoms with Crippen LogP contribution in [0.15, 0.2) is 36.2 Å². The van der Waals surface area contributed by atoms with Gasteiger partial charge in [-0.3, -0.25) is 0 Å². The molecule has 3 nitrogen and oxygen atoms in total. The number of hydrogen-bond acceptors (Lipinski definition) is 2. The maximum absolute atomic E-state index is 13.9. The molecule has 1 aromatic rings. The minimum atomic E-state index is -0.127. The maximum Gasteiger partial charge on any atom is 0.344 e. The number of aromatic nitrogens is 1. The summed E-state index contributed by atoms with van der Waals surface area (Å²) >= 11 is 0. The van der Waals surface area contributed by atoms with Crippen LogP contribution in [0.25, 0.3) is 0 Å². The number of halogens is 1. The first-order valence-electron chi connectivity index (χ1n) is 26.1. The summed E-state index contributed by atoms with van der Waals surface area (Å²) in [5.41, 5.74) is 3.89. The Morgan fingerprint density at radius 2 is 1.28 bits per heavy atom. The maximum atomic E-state index is 13.9. The predicted molar refractivity (Wildman–Crippen MR) is 249 cm³/mol. The minimum absolute atomic E-state index is 0. The van der Waals surface area contributed by atoms with Gasteiger partial charge in [-0.15, -0.1) is 0 Å². The second-order valence-electron chi connectivity index (χ2n) is 23.4. The SMILES string of the molecule is CCCCCCCCCCCCCCCCCCCC[n+]1cccc(C(=O)O[C@H]2CC[C@]3(C)[C@H]4CC=C5[C@@H]6[C@@H](C)[C@H](C)CC[C@]6(C)CC[C@@]5(C)[C@]4(C)CC[C@H]3C2(C)C)c1.[Br-]. The van der Waals surface area contributed by atoms with Crippen LogP contribution in [0.4, 0.5) is 0 Å². The van der Waals surface area contributed by atoms with E-state index in [4.69, 9.17) is 4.74 Å². The van der Waals surface area contributed by atoms with Gasteiger partial charge < -0.3 is 21.7 Å². The highest BCUT2D eigenvalue weighted by molar-refractivity contribution is 5.88. The van der Waals surface area contributed by atoms with Crippen LogP contribution in [0.2, 0.25) is 0 Å². The highest BCUT2D eigenvalue weighted by atomic mass is 79.9. The molecule has 1 aromatic heterocycles. The summed E-state index contributed by atoms with van der Waals surface area (Å²) in [6.45, 7) is 24.1. The van der Waals surface area contributed by atoms with Crippen LogP contribution in [0, 0.1) is 56.7 Å². The molecule has 0 spiro atoms. The van der Waals surface area contributed by atoms with Crippen molar-refractivity contribution in [3.05, 3.63) is 41.7 Å². The number of carbonyl (C=O) groups excluding carboxylic acids is 1. The number of unbranched alkanes of at least 4 members (excludes halogenated alkanes) is 17. The molecule has 0 bridgehead atoms. The van der Waals surface area contributed by atoms with E-state index in [-0.39, 0.29) is 39.9 Å². The monoisotopic (exact) mass is 892 g/mol. The molecule has 5 aliphatic rings. The average Bonchev–Trinajstić information content (AvgIpc) is 3.20. The van der Waals surface area contributed by atoms with E-state index in [1.165, 1.54) is 167 Å². The van der Waals surface area contributed by atoms with Gasteiger partial charge in [-0.2, -0.15) is 0 Å². The molecule has 60 heavy (non-hydrogen) atoms. The minimum Gasteiger partial charge on any atom is -1.00 e. The number of aryl methyl sites for hydroxylation is 1. The summed E-state index contributed by atoms with van der Waals surface area (Å²) in [4.78, 5) is 13.9. The topological polar surface area (TPSA) is 30.2 Å².